The number of benzene rings is 1. The van der Waals surface area contributed by atoms with Crippen LogP contribution in [0.25, 0.3) is 0 Å². The van der Waals surface area contributed by atoms with Crippen LogP contribution in [-0.2, 0) is 4.79 Å². The highest BCUT2D eigenvalue weighted by Gasteiger charge is 2.09. The van der Waals surface area contributed by atoms with Crippen LogP contribution in [0.4, 0.5) is 4.39 Å². The van der Waals surface area contributed by atoms with Crippen LogP contribution in [0.2, 0.25) is 0 Å². The Kier molecular flexibility index (Phi) is 5.46. The molecule has 1 aromatic rings. The topological polar surface area (TPSA) is 38.3 Å². The van der Waals surface area contributed by atoms with E-state index in [1.54, 1.807) is 19.1 Å². The molecule has 0 saturated carbocycles. The number of hydrogen-bond donors (Lipinski definition) is 1. The van der Waals surface area contributed by atoms with E-state index in [9.17, 15) is 9.18 Å². The zero-order valence-electron chi connectivity index (χ0n) is 10.2. The van der Waals surface area contributed by atoms with Crippen molar-refractivity contribution >= 4 is 5.91 Å². The Balaban J connectivity index is 2.49. The van der Waals surface area contributed by atoms with Gasteiger partial charge in [-0.15, -0.1) is 0 Å². The molecule has 17 heavy (non-hydrogen) atoms. The second-order valence-corrected chi connectivity index (χ2v) is 3.76. The quantitative estimate of drug-likeness (QED) is 0.828. The molecule has 4 heteroatoms. The molecule has 0 saturated heterocycles. The van der Waals surface area contributed by atoms with Gasteiger partial charge in [0.25, 0.3) is 0 Å². The van der Waals surface area contributed by atoms with E-state index in [-0.39, 0.29) is 17.8 Å². The van der Waals surface area contributed by atoms with Crippen LogP contribution in [0.3, 0.4) is 0 Å². The maximum atomic E-state index is 12.9. The lowest BCUT2D eigenvalue weighted by molar-refractivity contribution is -0.121. The first-order chi connectivity index (χ1) is 8.15. The van der Waals surface area contributed by atoms with Crippen LogP contribution < -0.4 is 10.1 Å². The Bertz CT molecular complexity index is 368. The third-order valence-corrected chi connectivity index (χ3v) is 2.40. The number of halogens is 1. The summed E-state index contributed by atoms with van der Waals surface area (Å²) in [5, 5.41) is 2.76. The molecule has 0 aliphatic carbocycles. The number of rotatable bonds is 6. The summed E-state index contributed by atoms with van der Waals surface area (Å²) in [5.41, 5.74) is 0. The smallest absolute Gasteiger partial charge is 0.219 e. The van der Waals surface area contributed by atoms with Gasteiger partial charge < -0.3 is 10.1 Å². The number of hydrogen-bond acceptors (Lipinski definition) is 2. The van der Waals surface area contributed by atoms with E-state index < -0.39 is 0 Å². The number of carbonyl (C=O) groups excluding carboxylic acids is 1. The number of ether oxygens (including phenoxy) is 1. The lowest BCUT2D eigenvalue weighted by atomic mass is 10.2. The molecule has 1 atom stereocenters. The van der Waals surface area contributed by atoms with E-state index in [4.69, 9.17) is 4.74 Å². The fourth-order valence-corrected chi connectivity index (χ4v) is 1.35. The minimum Gasteiger partial charge on any atom is -0.489 e. The molecule has 0 unspecified atom stereocenters. The van der Waals surface area contributed by atoms with Gasteiger partial charge in [0.15, 0.2) is 0 Å². The fraction of sp³-hybridized carbons (Fsp3) is 0.462. The first-order valence-corrected chi connectivity index (χ1v) is 5.84. The second-order valence-electron chi connectivity index (χ2n) is 3.76. The molecule has 0 heterocycles. The summed E-state index contributed by atoms with van der Waals surface area (Å²) in [6.07, 6.45) is 1.07. The van der Waals surface area contributed by atoms with Gasteiger partial charge in [0.2, 0.25) is 5.91 Å². The highest BCUT2D eigenvalue weighted by atomic mass is 19.1. The Morgan fingerprint density at radius 3 is 2.82 bits per heavy atom. The highest BCUT2D eigenvalue weighted by Crippen LogP contribution is 2.14. The lowest BCUT2D eigenvalue weighted by Crippen LogP contribution is -2.34. The predicted octanol–water partition coefficient (Wildman–Crippen LogP) is 2.51. The number of amides is 1. The van der Waals surface area contributed by atoms with Gasteiger partial charge >= 0.3 is 0 Å². The third-order valence-electron chi connectivity index (χ3n) is 2.40. The Hall–Kier alpha value is -1.58. The summed E-state index contributed by atoms with van der Waals surface area (Å²) in [7, 11) is 0. The molecular weight excluding hydrogens is 221 g/mol. The molecule has 0 spiro atoms. The first kappa shape index (κ1) is 13.5. The van der Waals surface area contributed by atoms with Crippen molar-refractivity contribution in [3.63, 3.8) is 0 Å². The maximum Gasteiger partial charge on any atom is 0.219 e. The van der Waals surface area contributed by atoms with Crippen LogP contribution in [0, 0.1) is 5.82 Å². The van der Waals surface area contributed by atoms with Gasteiger partial charge in [0, 0.05) is 12.5 Å². The Morgan fingerprint density at radius 1 is 1.47 bits per heavy atom. The van der Waals surface area contributed by atoms with Crippen molar-refractivity contribution in [2.24, 2.45) is 0 Å². The molecule has 3 nitrogen and oxygen atoms in total. The predicted molar refractivity (Wildman–Crippen MR) is 64.4 cm³/mol. The minimum absolute atomic E-state index is 0.00806. The monoisotopic (exact) mass is 239 g/mol. The van der Waals surface area contributed by atoms with Crippen molar-refractivity contribution in [2.45, 2.75) is 32.8 Å². The molecule has 1 aromatic carbocycles. The van der Waals surface area contributed by atoms with E-state index in [1.165, 1.54) is 12.1 Å². The molecule has 1 N–H and O–H groups in total. The van der Waals surface area contributed by atoms with Crippen molar-refractivity contribution in [3.8, 4) is 5.75 Å². The standard InChI is InChI=1S/C13H18FNO2/c1-3-11(9-15-13(16)4-2)17-12-7-5-6-10(14)8-12/h5-8,11H,3-4,9H2,1-2H3,(H,15,16)/t11-/m1/s1. The Labute approximate surface area is 101 Å². The summed E-state index contributed by atoms with van der Waals surface area (Å²) in [4.78, 5) is 11.1. The van der Waals surface area contributed by atoms with E-state index >= 15 is 0 Å². The molecule has 0 aromatic heterocycles. The minimum atomic E-state index is -0.324. The van der Waals surface area contributed by atoms with Gasteiger partial charge in [-0.2, -0.15) is 0 Å². The molecule has 94 valence electrons. The summed E-state index contributed by atoms with van der Waals surface area (Å²) < 4.78 is 18.5. The van der Waals surface area contributed by atoms with Gasteiger partial charge in [-0.25, -0.2) is 4.39 Å². The van der Waals surface area contributed by atoms with Crippen LogP contribution in [0.5, 0.6) is 5.75 Å². The molecule has 0 aliphatic rings. The van der Waals surface area contributed by atoms with Crippen LogP contribution in [0.15, 0.2) is 24.3 Å². The number of carbonyl (C=O) groups is 1. The molecule has 0 radical (unpaired) electrons. The maximum absolute atomic E-state index is 12.9. The number of nitrogens with one attached hydrogen (secondary N) is 1. The molecular formula is C13H18FNO2. The summed E-state index contributed by atoms with van der Waals surface area (Å²) in [6, 6.07) is 6.01. The average Bonchev–Trinajstić information content (AvgIpc) is 2.34. The van der Waals surface area contributed by atoms with Crippen molar-refractivity contribution < 1.29 is 13.9 Å². The van der Waals surface area contributed by atoms with Gasteiger partial charge in [-0.3, -0.25) is 4.79 Å². The lowest BCUT2D eigenvalue weighted by Gasteiger charge is -2.18. The zero-order valence-corrected chi connectivity index (χ0v) is 10.2. The molecule has 0 fully saturated rings. The molecule has 1 rings (SSSR count). The van der Waals surface area contributed by atoms with Crippen LogP contribution in [-0.4, -0.2) is 18.6 Å². The average molecular weight is 239 g/mol. The second kappa shape index (κ2) is 6.89. The van der Waals surface area contributed by atoms with Gasteiger partial charge in [0.1, 0.15) is 17.7 Å². The molecule has 0 bridgehead atoms. The first-order valence-electron chi connectivity index (χ1n) is 5.84. The van der Waals surface area contributed by atoms with Gasteiger partial charge in [-0.05, 0) is 18.6 Å². The van der Waals surface area contributed by atoms with Crippen molar-refractivity contribution in [1.82, 2.24) is 5.32 Å². The highest BCUT2D eigenvalue weighted by molar-refractivity contribution is 5.75. The van der Waals surface area contributed by atoms with E-state index in [0.717, 1.165) is 6.42 Å². The normalized spacial score (nSPS) is 11.9. The fourth-order valence-electron chi connectivity index (χ4n) is 1.35. The summed E-state index contributed by atoms with van der Waals surface area (Å²) in [5.74, 6) is 0.156. The summed E-state index contributed by atoms with van der Waals surface area (Å²) in [6.45, 7) is 4.20. The van der Waals surface area contributed by atoms with Crippen molar-refractivity contribution in [2.75, 3.05) is 6.54 Å². The largest absolute Gasteiger partial charge is 0.489 e. The zero-order chi connectivity index (χ0) is 12.7. The van der Waals surface area contributed by atoms with Crippen molar-refractivity contribution in [3.05, 3.63) is 30.1 Å². The van der Waals surface area contributed by atoms with E-state index in [2.05, 4.69) is 5.32 Å². The Morgan fingerprint density at radius 2 is 2.24 bits per heavy atom. The van der Waals surface area contributed by atoms with Crippen molar-refractivity contribution in [1.29, 1.82) is 0 Å². The van der Waals surface area contributed by atoms with Crippen LogP contribution in [0.1, 0.15) is 26.7 Å². The van der Waals surface area contributed by atoms with Gasteiger partial charge in [-0.1, -0.05) is 19.9 Å². The van der Waals surface area contributed by atoms with Crippen LogP contribution >= 0.6 is 0 Å². The van der Waals surface area contributed by atoms with E-state index in [1.807, 2.05) is 6.92 Å². The molecule has 0 aliphatic heterocycles. The summed E-state index contributed by atoms with van der Waals surface area (Å²) >= 11 is 0. The van der Waals surface area contributed by atoms with E-state index in [0.29, 0.717) is 18.7 Å². The molecule has 1 amide bonds. The van der Waals surface area contributed by atoms with Gasteiger partial charge in [0.05, 0.1) is 6.54 Å². The SMILES string of the molecule is CCC(=O)NC[C@@H](CC)Oc1cccc(F)c1. The third kappa shape index (κ3) is 4.85.